The van der Waals surface area contributed by atoms with Gasteiger partial charge in [-0.05, 0) is 44.7 Å². The molecule has 1 aliphatic rings. The molecule has 170 valence electrons. The number of aliphatic hydroxyl groups is 2. The van der Waals surface area contributed by atoms with Crippen LogP contribution in [0, 0.1) is 5.82 Å². The molecule has 4 rings (SSSR count). The lowest BCUT2D eigenvalue weighted by molar-refractivity contribution is -0.0390. The van der Waals surface area contributed by atoms with E-state index in [1.165, 1.54) is 12.1 Å². The lowest BCUT2D eigenvalue weighted by Gasteiger charge is -2.34. The van der Waals surface area contributed by atoms with Crippen molar-refractivity contribution in [2.45, 2.75) is 63.2 Å². The average molecular weight is 445 g/mol. The number of fused-ring (bicyclic) bond motifs is 1. The van der Waals surface area contributed by atoms with Gasteiger partial charge in [0.2, 0.25) is 0 Å². The van der Waals surface area contributed by atoms with Gasteiger partial charge in [-0.15, -0.1) is 0 Å². The number of alkyl halides is 2. The van der Waals surface area contributed by atoms with Gasteiger partial charge in [0.25, 0.3) is 5.92 Å². The average Bonchev–Trinajstić information content (AvgIpc) is 2.75. The van der Waals surface area contributed by atoms with Crippen LogP contribution in [0.2, 0.25) is 0 Å². The van der Waals surface area contributed by atoms with Gasteiger partial charge >= 0.3 is 0 Å². The SMILES string of the molecule is C[C@@H](Nc1ccnc2cnc(C3(O)CCC(O)CC3)cc12)c1cccc(C(C)(F)F)c1F. The molecule has 0 aliphatic heterocycles. The zero-order chi connectivity index (χ0) is 23.1. The second-order valence-corrected chi connectivity index (χ2v) is 8.67. The molecule has 0 unspecified atom stereocenters. The first-order valence-corrected chi connectivity index (χ1v) is 10.7. The topological polar surface area (TPSA) is 78.3 Å². The van der Waals surface area contributed by atoms with Crippen molar-refractivity contribution in [3.8, 4) is 0 Å². The van der Waals surface area contributed by atoms with Crippen molar-refractivity contribution in [2.24, 2.45) is 0 Å². The number of halogens is 3. The zero-order valence-electron chi connectivity index (χ0n) is 17.9. The van der Waals surface area contributed by atoms with E-state index in [0.717, 1.165) is 6.07 Å². The first kappa shape index (κ1) is 22.5. The molecule has 1 aliphatic carbocycles. The van der Waals surface area contributed by atoms with Crippen LogP contribution in [0.4, 0.5) is 18.9 Å². The van der Waals surface area contributed by atoms with Crippen molar-refractivity contribution in [2.75, 3.05) is 5.32 Å². The van der Waals surface area contributed by atoms with E-state index in [9.17, 15) is 23.4 Å². The van der Waals surface area contributed by atoms with Crippen LogP contribution in [0.1, 0.15) is 62.4 Å². The van der Waals surface area contributed by atoms with E-state index in [2.05, 4.69) is 15.3 Å². The van der Waals surface area contributed by atoms with Crippen molar-refractivity contribution in [1.29, 1.82) is 0 Å². The van der Waals surface area contributed by atoms with Crippen LogP contribution < -0.4 is 5.32 Å². The van der Waals surface area contributed by atoms with Crippen molar-refractivity contribution in [3.05, 3.63) is 65.4 Å². The highest BCUT2D eigenvalue weighted by Crippen LogP contribution is 2.38. The Kier molecular flexibility index (Phi) is 5.85. The molecule has 0 bridgehead atoms. The number of pyridine rings is 2. The van der Waals surface area contributed by atoms with Gasteiger partial charge in [-0.1, -0.05) is 18.2 Å². The van der Waals surface area contributed by atoms with Gasteiger partial charge in [-0.2, -0.15) is 0 Å². The third-order valence-corrected chi connectivity index (χ3v) is 6.23. The molecule has 32 heavy (non-hydrogen) atoms. The summed E-state index contributed by atoms with van der Waals surface area (Å²) in [5, 5.41) is 24.7. The molecular weight excluding hydrogens is 419 g/mol. The predicted molar refractivity (Wildman–Crippen MR) is 116 cm³/mol. The van der Waals surface area contributed by atoms with Gasteiger partial charge < -0.3 is 15.5 Å². The van der Waals surface area contributed by atoms with Gasteiger partial charge in [-0.3, -0.25) is 9.97 Å². The van der Waals surface area contributed by atoms with E-state index in [4.69, 9.17) is 0 Å². The number of benzene rings is 1. The molecule has 8 heteroatoms. The molecule has 0 saturated heterocycles. The normalized spacial score (nSPS) is 22.7. The number of hydrogen-bond donors (Lipinski definition) is 3. The molecule has 0 spiro atoms. The fourth-order valence-corrected chi connectivity index (χ4v) is 4.30. The molecular formula is C24H26F3N3O2. The van der Waals surface area contributed by atoms with E-state index in [-0.39, 0.29) is 5.56 Å². The lowest BCUT2D eigenvalue weighted by atomic mass is 9.80. The maximum atomic E-state index is 14.8. The fourth-order valence-electron chi connectivity index (χ4n) is 4.30. The number of nitrogens with one attached hydrogen (secondary N) is 1. The Balaban J connectivity index is 1.68. The second kappa shape index (κ2) is 8.33. The Bertz CT molecular complexity index is 1130. The number of rotatable bonds is 5. The summed E-state index contributed by atoms with van der Waals surface area (Å²) in [5.41, 5.74) is 0.0385. The Morgan fingerprint density at radius 3 is 2.59 bits per heavy atom. The van der Waals surface area contributed by atoms with Crippen LogP contribution in [0.15, 0.2) is 42.7 Å². The van der Waals surface area contributed by atoms with Crippen LogP contribution >= 0.6 is 0 Å². The highest BCUT2D eigenvalue weighted by molar-refractivity contribution is 5.91. The van der Waals surface area contributed by atoms with Crippen LogP contribution in [0.3, 0.4) is 0 Å². The molecule has 1 aromatic carbocycles. The summed E-state index contributed by atoms with van der Waals surface area (Å²) in [6, 6.07) is 6.85. The largest absolute Gasteiger partial charge is 0.393 e. The number of aromatic nitrogens is 2. The van der Waals surface area contributed by atoms with Crippen molar-refractivity contribution in [3.63, 3.8) is 0 Å². The third-order valence-electron chi connectivity index (χ3n) is 6.23. The Morgan fingerprint density at radius 2 is 1.91 bits per heavy atom. The number of anilines is 1. The van der Waals surface area contributed by atoms with E-state index in [0.29, 0.717) is 54.9 Å². The first-order chi connectivity index (χ1) is 15.1. The predicted octanol–water partition coefficient (Wildman–Crippen LogP) is 5.18. The molecule has 1 atom stereocenters. The molecule has 0 amide bonds. The monoisotopic (exact) mass is 445 g/mol. The molecule has 3 N–H and O–H groups in total. The summed E-state index contributed by atoms with van der Waals surface area (Å²) >= 11 is 0. The Hall–Kier alpha value is -2.71. The lowest BCUT2D eigenvalue weighted by Crippen LogP contribution is -2.34. The number of aliphatic hydroxyl groups excluding tert-OH is 1. The molecule has 1 fully saturated rings. The first-order valence-electron chi connectivity index (χ1n) is 10.7. The zero-order valence-corrected chi connectivity index (χ0v) is 17.9. The van der Waals surface area contributed by atoms with Gasteiger partial charge in [0.05, 0.1) is 35.1 Å². The highest BCUT2D eigenvalue weighted by atomic mass is 19.3. The van der Waals surface area contributed by atoms with Crippen LogP contribution in [-0.2, 0) is 11.5 Å². The molecule has 2 aromatic heterocycles. The third kappa shape index (κ3) is 4.29. The van der Waals surface area contributed by atoms with Crippen molar-refractivity contribution >= 4 is 16.6 Å². The van der Waals surface area contributed by atoms with Crippen molar-refractivity contribution < 1.29 is 23.4 Å². The quantitative estimate of drug-likeness (QED) is 0.505. The van der Waals surface area contributed by atoms with Crippen molar-refractivity contribution in [1.82, 2.24) is 9.97 Å². The minimum atomic E-state index is -3.28. The summed E-state index contributed by atoms with van der Waals surface area (Å²) in [6.07, 6.45) is 4.51. The minimum Gasteiger partial charge on any atom is -0.393 e. The summed E-state index contributed by atoms with van der Waals surface area (Å²) < 4.78 is 42.3. The van der Waals surface area contributed by atoms with Crippen LogP contribution in [-0.4, -0.2) is 26.3 Å². The molecule has 2 heterocycles. The number of nitrogens with zero attached hydrogens (tertiary/aromatic N) is 2. The molecule has 3 aromatic rings. The van der Waals surface area contributed by atoms with E-state index in [1.807, 2.05) is 0 Å². The van der Waals surface area contributed by atoms with Gasteiger partial charge in [0, 0.05) is 29.8 Å². The maximum absolute atomic E-state index is 14.8. The minimum absolute atomic E-state index is 0.128. The van der Waals surface area contributed by atoms with E-state index < -0.39 is 35.1 Å². The van der Waals surface area contributed by atoms with Crippen LogP contribution in [0.25, 0.3) is 10.9 Å². The molecule has 5 nitrogen and oxygen atoms in total. The smallest absolute Gasteiger partial charge is 0.273 e. The van der Waals surface area contributed by atoms with E-state index in [1.54, 1.807) is 31.5 Å². The van der Waals surface area contributed by atoms with E-state index >= 15 is 0 Å². The highest BCUT2D eigenvalue weighted by Gasteiger charge is 2.36. The summed E-state index contributed by atoms with van der Waals surface area (Å²) in [4.78, 5) is 8.70. The van der Waals surface area contributed by atoms with Gasteiger partial charge in [0.15, 0.2) is 0 Å². The second-order valence-electron chi connectivity index (χ2n) is 8.67. The Morgan fingerprint density at radius 1 is 1.19 bits per heavy atom. The summed E-state index contributed by atoms with van der Waals surface area (Å²) in [6.45, 7) is 2.37. The fraction of sp³-hybridized carbons (Fsp3) is 0.417. The maximum Gasteiger partial charge on any atom is 0.273 e. The Labute approximate surface area is 184 Å². The summed E-state index contributed by atoms with van der Waals surface area (Å²) in [7, 11) is 0. The summed E-state index contributed by atoms with van der Waals surface area (Å²) in [5.74, 6) is -4.22. The van der Waals surface area contributed by atoms with Crippen LogP contribution in [0.5, 0.6) is 0 Å². The molecule has 1 saturated carbocycles. The van der Waals surface area contributed by atoms with Gasteiger partial charge in [0.1, 0.15) is 11.4 Å². The molecule has 0 radical (unpaired) electrons. The van der Waals surface area contributed by atoms with Gasteiger partial charge in [-0.25, -0.2) is 13.2 Å². The number of hydrogen-bond acceptors (Lipinski definition) is 5. The standard InChI is InChI=1S/C24H26F3N3O2/c1-14(16-4-3-5-18(22(16)25)23(2,26)27)30-19-8-11-28-20-13-29-21(12-17(19)20)24(32)9-6-15(31)7-10-24/h3-5,8,11-15,31-32H,6-7,9-10H2,1-2H3,(H,28,30)/t14-,15?,24?/m1/s1.